The molecule has 1 heterocycles. The molecule has 0 aliphatic rings. The second-order valence-corrected chi connectivity index (χ2v) is 5.65. The molecule has 3 aromatic rings. The molecule has 126 valence electrons. The molecule has 0 saturated heterocycles. The van der Waals surface area contributed by atoms with Crippen LogP contribution in [0.4, 0.5) is 15.8 Å². The van der Waals surface area contributed by atoms with E-state index in [1.807, 2.05) is 31.2 Å². The molecule has 3 rings (SSSR count). The van der Waals surface area contributed by atoms with Crippen LogP contribution < -0.4 is 10.6 Å². The number of hydrogen-bond donors (Lipinski definition) is 2. The number of aryl methyl sites for hydroxylation is 1. The van der Waals surface area contributed by atoms with Gasteiger partial charge < -0.3 is 10.6 Å². The van der Waals surface area contributed by atoms with Crippen LogP contribution in [0, 0.1) is 12.7 Å². The van der Waals surface area contributed by atoms with Crippen molar-refractivity contribution in [2.75, 3.05) is 10.6 Å². The van der Waals surface area contributed by atoms with Gasteiger partial charge in [0, 0.05) is 17.8 Å². The summed E-state index contributed by atoms with van der Waals surface area (Å²) < 4.78 is 13.6. The molecule has 0 atom stereocenters. The molecule has 0 unspecified atom stereocenters. The van der Waals surface area contributed by atoms with Crippen LogP contribution >= 0.6 is 0 Å². The summed E-state index contributed by atoms with van der Waals surface area (Å²) in [6, 6.07) is 17.5. The van der Waals surface area contributed by atoms with Crippen LogP contribution in [-0.4, -0.2) is 10.9 Å². The van der Waals surface area contributed by atoms with E-state index in [0.717, 1.165) is 16.9 Å². The molecule has 1 amide bonds. The number of pyridine rings is 1. The maximum atomic E-state index is 13.6. The van der Waals surface area contributed by atoms with Crippen LogP contribution in [0.5, 0.6) is 0 Å². The molecular formula is C20H18FN3O. The summed E-state index contributed by atoms with van der Waals surface area (Å²) in [5.74, 6) is -0.521. The van der Waals surface area contributed by atoms with Gasteiger partial charge >= 0.3 is 0 Å². The van der Waals surface area contributed by atoms with Gasteiger partial charge in [-0.05, 0) is 36.8 Å². The highest BCUT2D eigenvalue weighted by Gasteiger charge is 2.09. The molecule has 1 aromatic heterocycles. The lowest BCUT2D eigenvalue weighted by molar-refractivity contribution is 0.102. The SMILES string of the molecule is Cc1ccccc1NC(=O)c1ccc(NCc2ccccc2F)cn1. The Bertz CT molecular complexity index is 878. The van der Waals surface area contributed by atoms with E-state index >= 15 is 0 Å². The first-order chi connectivity index (χ1) is 12.1. The Labute approximate surface area is 145 Å². The minimum Gasteiger partial charge on any atom is -0.380 e. The average Bonchev–Trinajstić information content (AvgIpc) is 2.63. The smallest absolute Gasteiger partial charge is 0.274 e. The van der Waals surface area contributed by atoms with Gasteiger partial charge in [0.2, 0.25) is 0 Å². The van der Waals surface area contributed by atoms with E-state index in [2.05, 4.69) is 15.6 Å². The number of anilines is 2. The second-order valence-electron chi connectivity index (χ2n) is 5.65. The molecule has 2 aromatic carbocycles. The highest BCUT2D eigenvalue weighted by molar-refractivity contribution is 6.03. The van der Waals surface area contributed by atoms with Crippen LogP contribution in [0.25, 0.3) is 0 Å². The third-order valence-corrected chi connectivity index (χ3v) is 3.83. The lowest BCUT2D eigenvalue weighted by Gasteiger charge is -2.09. The number of para-hydroxylation sites is 1. The van der Waals surface area contributed by atoms with Gasteiger partial charge in [-0.1, -0.05) is 36.4 Å². The van der Waals surface area contributed by atoms with E-state index in [-0.39, 0.29) is 11.7 Å². The average molecular weight is 335 g/mol. The van der Waals surface area contributed by atoms with Crippen molar-refractivity contribution >= 4 is 17.3 Å². The zero-order valence-corrected chi connectivity index (χ0v) is 13.8. The Morgan fingerprint density at radius 1 is 1.04 bits per heavy atom. The number of hydrogen-bond acceptors (Lipinski definition) is 3. The van der Waals surface area contributed by atoms with Gasteiger partial charge in [-0.15, -0.1) is 0 Å². The Kier molecular flexibility index (Phi) is 5.04. The number of nitrogens with one attached hydrogen (secondary N) is 2. The van der Waals surface area contributed by atoms with Gasteiger partial charge in [-0.2, -0.15) is 0 Å². The van der Waals surface area contributed by atoms with Gasteiger partial charge in [-0.25, -0.2) is 9.37 Å². The van der Waals surface area contributed by atoms with Crippen molar-refractivity contribution in [2.45, 2.75) is 13.5 Å². The lowest BCUT2D eigenvalue weighted by atomic mass is 10.2. The fourth-order valence-corrected chi connectivity index (χ4v) is 2.37. The van der Waals surface area contributed by atoms with Gasteiger partial charge in [0.05, 0.1) is 11.9 Å². The monoisotopic (exact) mass is 335 g/mol. The van der Waals surface area contributed by atoms with Crippen molar-refractivity contribution in [1.29, 1.82) is 0 Å². The van der Waals surface area contributed by atoms with Gasteiger partial charge in [0.1, 0.15) is 11.5 Å². The fourth-order valence-electron chi connectivity index (χ4n) is 2.37. The van der Waals surface area contributed by atoms with Crippen molar-refractivity contribution in [3.05, 3.63) is 89.5 Å². The summed E-state index contributed by atoms with van der Waals surface area (Å²) in [6.45, 7) is 2.28. The second kappa shape index (κ2) is 7.57. The minimum atomic E-state index is -0.269. The van der Waals surface area contributed by atoms with E-state index in [1.165, 1.54) is 6.07 Å². The normalized spacial score (nSPS) is 10.3. The standard InChI is InChI=1S/C20H18FN3O/c1-14-6-2-5-9-18(14)24-20(25)19-11-10-16(13-23-19)22-12-15-7-3-4-8-17(15)21/h2-11,13,22H,12H2,1H3,(H,24,25). The number of rotatable bonds is 5. The molecule has 0 radical (unpaired) electrons. The third kappa shape index (κ3) is 4.20. The first kappa shape index (κ1) is 16.6. The number of halogens is 1. The molecule has 25 heavy (non-hydrogen) atoms. The number of aromatic nitrogens is 1. The van der Waals surface area contributed by atoms with Crippen LogP contribution in [0.2, 0.25) is 0 Å². The zero-order chi connectivity index (χ0) is 17.6. The van der Waals surface area contributed by atoms with Crippen LogP contribution in [0.15, 0.2) is 66.9 Å². The largest absolute Gasteiger partial charge is 0.380 e. The maximum absolute atomic E-state index is 13.6. The Morgan fingerprint density at radius 2 is 1.80 bits per heavy atom. The van der Waals surface area contributed by atoms with E-state index in [4.69, 9.17) is 0 Å². The Morgan fingerprint density at radius 3 is 2.52 bits per heavy atom. The van der Waals surface area contributed by atoms with Crippen molar-refractivity contribution in [1.82, 2.24) is 4.98 Å². The number of benzene rings is 2. The van der Waals surface area contributed by atoms with E-state index < -0.39 is 0 Å². The molecule has 0 aliphatic heterocycles. The molecule has 2 N–H and O–H groups in total. The zero-order valence-electron chi connectivity index (χ0n) is 13.8. The van der Waals surface area contributed by atoms with E-state index in [9.17, 15) is 9.18 Å². The number of carbonyl (C=O) groups is 1. The van der Waals surface area contributed by atoms with Crippen LogP contribution in [-0.2, 0) is 6.54 Å². The summed E-state index contributed by atoms with van der Waals surface area (Å²) >= 11 is 0. The Hall–Kier alpha value is -3.21. The first-order valence-corrected chi connectivity index (χ1v) is 7.94. The molecule has 5 heteroatoms. The fraction of sp³-hybridized carbons (Fsp3) is 0.100. The molecule has 0 spiro atoms. The minimum absolute atomic E-state index is 0.253. The van der Waals surface area contributed by atoms with Gasteiger partial charge in [0.15, 0.2) is 0 Å². The number of nitrogens with zero attached hydrogens (tertiary/aromatic N) is 1. The van der Waals surface area contributed by atoms with Gasteiger partial charge in [0.25, 0.3) is 5.91 Å². The maximum Gasteiger partial charge on any atom is 0.274 e. The molecule has 0 aliphatic carbocycles. The van der Waals surface area contributed by atoms with Crippen molar-refractivity contribution in [3.63, 3.8) is 0 Å². The molecule has 4 nitrogen and oxygen atoms in total. The van der Waals surface area contributed by atoms with E-state index in [0.29, 0.717) is 17.8 Å². The van der Waals surface area contributed by atoms with E-state index in [1.54, 1.807) is 36.5 Å². The summed E-state index contributed by atoms with van der Waals surface area (Å²) in [7, 11) is 0. The lowest BCUT2D eigenvalue weighted by Crippen LogP contribution is -2.14. The molecule has 0 saturated carbocycles. The summed E-state index contributed by atoms with van der Waals surface area (Å²) in [5.41, 5.74) is 3.36. The highest BCUT2D eigenvalue weighted by atomic mass is 19.1. The molecule has 0 fully saturated rings. The Balaban J connectivity index is 1.63. The quantitative estimate of drug-likeness (QED) is 0.727. The van der Waals surface area contributed by atoms with Crippen LogP contribution in [0.1, 0.15) is 21.6 Å². The topological polar surface area (TPSA) is 54.0 Å². The molecule has 0 bridgehead atoms. The third-order valence-electron chi connectivity index (χ3n) is 3.83. The van der Waals surface area contributed by atoms with Gasteiger partial charge in [-0.3, -0.25) is 4.79 Å². The van der Waals surface area contributed by atoms with Crippen molar-refractivity contribution in [2.24, 2.45) is 0 Å². The van der Waals surface area contributed by atoms with Crippen molar-refractivity contribution in [3.8, 4) is 0 Å². The van der Waals surface area contributed by atoms with Crippen LogP contribution in [0.3, 0.4) is 0 Å². The summed E-state index contributed by atoms with van der Waals surface area (Å²) in [5, 5.41) is 5.93. The predicted octanol–water partition coefficient (Wildman–Crippen LogP) is 4.39. The highest BCUT2D eigenvalue weighted by Crippen LogP contribution is 2.15. The predicted molar refractivity (Wildman–Crippen MR) is 97.1 cm³/mol. The summed E-state index contributed by atoms with van der Waals surface area (Å²) in [6.07, 6.45) is 1.56. The number of carbonyl (C=O) groups excluding carboxylic acids is 1. The first-order valence-electron chi connectivity index (χ1n) is 7.94. The van der Waals surface area contributed by atoms with Crippen molar-refractivity contribution < 1.29 is 9.18 Å². The molecular weight excluding hydrogens is 317 g/mol. The number of amides is 1. The summed E-state index contributed by atoms with van der Waals surface area (Å²) in [4.78, 5) is 16.4.